The molecule has 0 saturated heterocycles. The maximum atomic E-state index is 11.0. The predicted molar refractivity (Wildman–Crippen MR) is 47.0 cm³/mol. The first kappa shape index (κ1) is 12.3. The summed E-state index contributed by atoms with van der Waals surface area (Å²) < 4.78 is 14.7. The average Bonchev–Trinajstić information content (AvgIpc) is 2.15. The van der Waals surface area contributed by atoms with Gasteiger partial charge in [-0.2, -0.15) is 0 Å². The van der Waals surface area contributed by atoms with E-state index >= 15 is 0 Å². The molecule has 0 aromatic rings. The second-order valence-corrected chi connectivity index (χ2v) is 2.33. The van der Waals surface area contributed by atoms with Crippen molar-refractivity contribution in [2.45, 2.75) is 26.2 Å². The first-order valence-corrected chi connectivity index (χ1v) is 4.23. The minimum Gasteiger partial charge on any atom is -0.468 e. The number of rotatable bonds is 6. The van der Waals surface area contributed by atoms with Crippen LogP contribution in [0.3, 0.4) is 0 Å². The van der Waals surface area contributed by atoms with Crippen LogP contribution in [0.25, 0.3) is 0 Å². The molecule has 0 aromatic heterocycles. The Kier molecular flexibility index (Phi) is 6.48. The number of carbonyl (C=O) groups is 1. The Labute approximate surface area is 78.1 Å². The third-order valence-electron chi connectivity index (χ3n) is 1.43. The number of carbonyl (C=O) groups excluding carboxylic acids is 1. The van der Waals surface area contributed by atoms with E-state index in [2.05, 4.69) is 4.74 Å². The van der Waals surface area contributed by atoms with E-state index < -0.39 is 18.3 Å². The summed E-state index contributed by atoms with van der Waals surface area (Å²) in [6.07, 6.45) is -0.720. The van der Waals surface area contributed by atoms with Crippen molar-refractivity contribution in [3.05, 3.63) is 0 Å². The lowest BCUT2D eigenvalue weighted by Crippen LogP contribution is -2.45. The molecular weight excluding hydrogens is 174 g/mol. The Morgan fingerprint density at radius 1 is 1.31 bits per heavy atom. The minimum atomic E-state index is -0.884. The second-order valence-electron chi connectivity index (χ2n) is 2.33. The fraction of sp³-hybridized carbons (Fsp3) is 0.875. The Balaban J connectivity index is 4.08. The van der Waals surface area contributed by atoms with Crippen molar-refractivity contribution in [2.75, 3.05) is 20.3 Å². The molecule has 78 valence electrons. The number of esters is 1. The number of nitrogens with two attached hydrogens (primary N) is 1. The molecule has 5 nitrogen and oxygen atoms in total. The number of methoxy groups -OCH3 is 1. The van der Waals surface area contributed by atoms with Crippen LogP contribution >= 0.6 is 0 Å². The fourth-order valence-electron chi connectivity index (χ4n) is 0.831. The van der Waals surface area contributed by atoms with Crippen molar-refractivity contribution >= 4 is 5.97 Å². The van der Waals surface area contributed by atoms with E-state index in [1.165, 1.54) is 7.11 Å². The molecular formula is C8H17NO4. The van der Waals surface area contributed by atoms with Crippen molar-refractivity contribution in [1.29, 1.82) is 0 Å². The van der Waals surface area contributed by atoms with Gasteiger partial charge in [0, 0.05) is 13.2 Å². The SMILES string of the molecule is CCOC(OCC)C(N)C(=O)OC. The summed E-state index contributed by atoms with van der Waals surface area (Å²) in [6.45, 7) is 4.48. The highest BCUT2D eigenvalue weighted by atomic mass is 16.7. The zero-order valence-corrected chi connectivity index (χ0v) is 8.28. The molecule has 0 bridgehead atoms. The molecule has 0 rings (SSSR count). The van der Waals surface area contributed by atoms with E-state index in [9.17, 15) is 4.79 Å². The molecule has 0 aromatic carbocycles. The molecule has 0 heterocycles. The van der Waals surface area contributed by atoms with Crippen LogP contribution in [-0.2, 0) is 19.0 Å². The summed E-state index contributed by atoms with van der Waals surface area (Å²) >= 11 is 0. The van der Waals surface area contributed by atoms with Gasteiger partial charge in [0.1, 0.15) is 0 Å². The number of ether oxygens (including phenoxy) is 3. The van der Waals surface area contributed by atoms with Crippen LogP contribution in [0.15, 0.2) is 0 Å². The zero-order chi connectivity index (χ0) is 10.3. The summed E-state index contributed by atoms with van der Waals surface area (Å²) in [5, 5.41) is 0. The topological polar surface area (TPSA) is 70.8 Å². The van der Waals surface area contributed by atoms with Crippen molar-refractivity contribution in [3.8, 4) is 0 Å². The van der Waals surface area contributed by atoms with E-state index in [0.29, 0.717) is 13.2 Å². The Morgan fingerprint density at radius 2 is 1.77 bits per heavy atom. The van der Waals surface area contributed by atoms with Crippen LogP contribution < -0.4 is 5.73 Å². The molecule has 0 saturated carbocycles. The van der Waals surface area contributed by atoms with Gasteiger partial charge in [0.25, 0.3) is 0 Å². The molecule has 0 spiro atoms. The van der Waals surface area contributed by atoms with Crippen molar-refractivity contribution in [2.24, 2.45) is 5.73 Å². The van der Waals surface area contributed by atoms with Gasteiger partial charge in [0.2, 0.25) is 0 Å². The lowest BCUT2D eigenvalue weighted by Gasteiger charge is -2.21. The molecule has 13 heavy (non-hydrogen) atoms. The predicted octanol–water partition coefficient (Wildman–Crippen LogP) is -0.114. The molecule has 2 N–H and O–H groups in total. The molecule has 0 aliphatic heterocycles. The molecule has 0 aliphatic rings. The van der Waals surface area contributed by atoms with Gasteiger partial charge in [0.05, 0.1) is 7.11 Å². The molecule has 0 fully saturated rings. The van der Waals surface area contributed by atoms with Crippen LogP contribution in [0.5, 0.6) is 0 Å². The monoisotopic (exact) mass is 191 g/mol. The molecule has 0 aliphatic carbocycles. The number of hydrogen-bond acceptors (Lipinski definition) is 5. The van der Waals surface area contributed by atoms with Crippen molar-refractivity contribution < 1.29 is 19.0 Å². The van der Waals surface area contributed by atoms with Crippen LogP contribution in [0, 0.1) is 0 Å². The molecule has 5 heteroatoms. The Morgan fingerprint density at radius 3 is 2.08 bits per heavy atom. The summed E-state index contributed by atoms with van der Waals surface area (Å²) in [6, 6.07) is -0.884. The summed E-state index contributed by atoms with van der Waals surface area (Å²) in [7, 11) is 1.27. The van der Waals surface area contributed by atoms with Crippen LogP contribution in [-0.4, -0.2) is 38.6 Å². The quantitative estimate of drug-likeness (QED) is 0.468. The standard InChI is InChI=1S/C8H17NO4/c1-4-12-8(13-5-2)6(9)7(10)11-3/h6,8H,4-5,9H2,1-3H3. The van der Waals surface area contributed by atoms with Gasteiger partial charge in [-0.15, -0.1) is 0 Å². The van der Waals surface area contributed by atoms with Gasteiger partial charge in [0.15, 0.2) is 12.3 Å². The number of hydrogen-bond donors (Lipinski definition) is 1. The van der Waals surface area contributed by atoms with Crippen molar-refractivity contribution in [3.63, 3.8) is 0 Å². The fourth-order valence-corrected chi connectivity index (χ4v) is 0.831. The average molecular weight is 191 g/mol. The molecule has 1 unspecified atom stereocenters. The summed E-state index contributed by atoms with van der Waals surface area (Å²) in [4.78, 5) is 11.0. The van der Waals surface area contributed by atoms with Gasteiger partial charge in [-0.25, -0.2) is 0 Å². The van der Waals surface area contributed by atoms with Gasteiger partial charge < -0.3 is 19.9 Å². The van der Waals surface area contributed by atoms with E-state index in [0.717, 1.165) is 0 Å². The van der Waals surface area contributed by atoms with Gasteiger partial charge >= 0.3 is 5.97 Å². The van der Waals surface area contributed by atoms with Gasteiger partial charge in [-0.1, -0.05) is 0 Å². The first-order valence-electron chi connectivity index (χ1n) is 4.23. The second kappa shape index (κ2) is 6.82. The maximum Gasteiger partial charge on any atom is 0.327 e. The van der Waals surface area contributed by atoms with Crippen molar-refractivity contribution in [1.82, 2.24) is 0 Å². The zero-order valence-electron chi connectivity index (χ0n) is 8.28. The highest BCUT2D eigenvalue weighted by molar-refractivity contribution is 5.75. The van der Waals surface area contributed by atoms with Gasteiger partial charge in [-0.3, -0.25) is 4.79 Å². The minimum absolute atomic E-state index is 0.440. The highest BCUT2D eigenvalue weighted by Gasteiger charge is 2.26. The van der Waals surface area contributed by atoms with Gasteiger partial charge in [-0.05, 0) is 13.8 Å². The lowest BCUT2D eigenvalue weighted by molar-refractivity contribution is -0.173. The normalized spacial score (nSPS) is 13.0. The lowest BCUT2D eigenvalue weighted by atomic mass is 10.3. The van der Waals surface area contributed by atoms with Crippen LogP contribution in [0.1, 0.15) is 13.8 Å². The van der Waals surface area contributed by atoms with Crippen LogP contribution in [0.4, 0.5) is 0 Å². The highest BCUT2D eigenvalue weighted by Crippen LogP contribution is 2.01. The Hall–Kier alpha value is -0.650. The molecule has 0 amide bonds. The largest absolute Gasteiger partial charge is 0.468 e. The van der Waals surface area contributed by atoms with E-state index in [1.54, 1.807) is 13.8 Å². The third kappa shape index (κ3) is 4.21. The summed E-state index contributed by atoms with van der Waals surface area (Å²) in [5.74, 6) is -0.535. The smallest absolute Gasteiger partial charge is 0.327 e. The Bertz CT molecular complexity index is 145. The molecule has 0 radical (unpaired) electrons. The first-order chi connectivity index (χ1) is 6.17. The molecule has 1 atom stereocenters. The summed E-state index contributed by atoms with van der Waals surface area (Å²) in [5.41, 5.74) is 5.52. The van der Waals surface area contributed by atoms with Crippen LogP contribution in [0.2, 0.25) is 0 Å². The van der Waals surface area contributed by atoms with E-state index in [4.69, 9.17) is 15.2 Å². The van der Waals surface area contributed by atoms with E-state index in [-0.39, 0.29) is 0 Å². The van der Waals surface area contributed by atoms with E-state index in [1.807, 2.05) is 0 Å². The maximum absolute atomic E-state index is 11.0. The third-order valence-corrected chi connectivity index (χ3v) is 1.43.